The molecule has 18 heavy (non-hydrogen) atoms. The van der Waals surface area contributed by atoms with Crippen LogP contribution in [0.25, 0.3) is 10.1 Å². The molecule has 3 heteroatoms. The topological polar surface area (TPSA) is 27.0 Å². The Labute approximate surface area is 111 Å². The summed E-state index contributed by atoms with van der Waals surface area (Å²) in [4.78, 5) is 2.25. The number of anilines is 1. The average Bonchev–Trinajstić information content (AvgIpc) is 2.77. The summed E-state index contributed by atoms with van der Waals surface area (Å²) in [6.45, 7) is 0.851. The fraction of sp³-hybridized carbons (Fsp3) is 0.400. The van der Waals surface area contributed by atoms with Crippen LogP contribution < -0.4 is 4.90 Å². The van der Waals surface area contributed by atoms with Gasteiger partial charge in [-0.25, -0.2) is 0 Å². The van der Waals surface area contributed by atoms with Crippen molar-refractivity contribution in [3.05, 3.63) is 29.6 Å². The van der Waals surface area contributed by atoms with Gasteiger partial charge in [-0.15, -0.1) is 11.3 Å². The normalized spacial score (nSPS) is 17.1. The first kappa shape index (κ1) is 11.6. The van der Waals surface area contributed by atoms with Gasteiger partial charge in [0.1, 0.15) is 0 Å². The smallest absolute Gasteiger partial charge is 0.0748 e. The summed E-state index contributed by atoms with van der Waals surface area (Å²) in [5, 5.41) is 12.8. The lowest BCUT2D eigenvalue weighted by Gasteiger charge is -2.38. The van der Waals surface area contributed by atoms with Crippen LogP contribution in [0.3, 0.4) is 0 Å². The highest BCUT2D eigenvalue weighted by atomic mass is 32.1. The van der Waals surface area contributed by atoms with Crippen LogP contribution in [0.1, 0.15) is 19.3 Å². The van der Waals surface area contributed by atoms with Gasteiger partial charge in [-0.3, -0.25) is 0 Å². The van der Waals surface area contributed by atoms with Crippen molar-refractivity contribution in [1.82, 2.24) is 0 Å². The van der Waals surface area contributed by atoms with Gasteiger partial charge in [0.25, 0.3) is 0 Å². The Morgan fingerprint density at radius 1 is 1.39 bits per heavy atom. The average molecular weight is 256 g/mol. The van der Waals surface area contributed by atoms with Crippen LogP contribution in [0.4, 0.5) is 5.69 Å². The van der Waals surface area contributed by atoms with E-state index in [0.29, 0.717) is 0 Å². The second-order valence-corrected chi connectivity index (χ2v) is 6.13. The maximum Gasteiger partial charge on any atom is 0.0748 e. The van der Waals surface area contributed by atoms with Crippen LogP contribution in [0.5, 0.6) is 0 Å². The lowest BCUT2D eigenvalue weighted by Crippen LogP contribution is -2.39. The number of nitriles is 1. The van der Waals surface area contributed by atoms with Gasteiger partial charge < -0.3 is 4.90 Å². The molecule has 1 aliphatic carbocycles. The van der Waals surface area contributed by atoms with Crippen molar-refractivity contribution in [1.29, 1.82) is 5.26 Å². The molecule has 2 aromatic rings. The van der Waals surface area contributed by atoms with Crippen LogP contribution in [-0.4, -0.2) is 13.6 Å². The molecule has 1 aromatic carbocycles. The van der Waals surface area contributed by atoms with E-state index in [9.17, 15) is 5.26 Å². The van der Waals surface area contributed by atoms with Crippen LogP contribution >= 0.6 is 11.3 Å². The zero-order chi connectivity index (χ0) is 12.6. The first-order chi connectivity index (χ1) is 8.74. The predicted molar refractivity (Wildman–Crippen MR) is 77.0 cm³/mol. The van der Waals surface area contributed by atoms with Gasteiger partial charge in [-0.05, 0) is 18.9 Å². The Kier molecular flexibility index (Phi) is 2.76. The van der Waals surface area contributed by atoms with Crippen molar-refractivity contribution in [3.63, 3.8) is 0 Å². The Hall–Kier alpha value is -1.53. The summed E-state index contributed by atoms with van der Waals surface area (Å²) in [6, 6.07) is 11.0. The largest absolute Gasteiger partial charge is 0.372 e. The Morgan fingerprint density at radius 3 is 2.83 bits per heavy atom. The minimum atomic E-state index is -0.0994. The number of nitrogens with zero attached hydrogens (tertiary/aromatic N) is 2. The summed E-state index contributed by atoms with van der Waals surface area (Å²) in [5.74, 6) is 0. The van der Waals surface area contributed by atoms with E-state index < -0.39 is 0 Å². The molecule has 0 atom stereocenters. The number of hydrogen-bond donors (Lipinski definition) is 0. The Bertz CT molecular complexity index is 604. The van der Waals surface area contributed by atoms with Crippen molar-refractivity contribution in [2.24, 2.45) is 5.41 Å². The second-order valence-electron chi connectivity index (χ2n) is 5.22. The van der Waals surface area contributed by atoms with Gasteiger partial charge in [-0.1, -0.05) is 24.6 Å². The van der Waals surface area contributed by atoms with Gasteiger partial charge in [0, 0.05) is 29.1 Å². The highest BCUT2D eigenvalue weighted by molar-refractivity contribution is 7.17. The number of rotatable bonds is 3. The molecule has 1 fully saturated rings. The highest BCUT2D eigenvalue weighted by Crippen LogP contribution is 2.42. The summed E-state index contributed by atoms with van der Waals surface area (Å²) in [7, 11) is 2.10. The third kappa shape index (κ3) is 1.77. The summed E-state index contributed by atoms with van der Waals surface area (Å²) in [5.41, 5.74) is 1.16. The van der Waals surface area contributed by atoms with E-state index >= 15 is 0 Å². The number of thiophene rings is 1. The fourth-order valence-corrected chi connectivity index (χ4v) is 3.71. The van der Waals surface area contributed by atoms with Crippen LogP contribution in [-0.2, 0) is 0 Å². The summed E-state index contributed by atoms with van der Waals surface area (Å²) < 4.78 is 1.32. The van der Waals surface area contributed by atoms with Crippen molar-refractivity contribution in [2.75, 3.05) is 18.5 Å². The van der Waals surface area contributed by atoms with Gasteiger partial charge in [0.2, 0.25) is 0 Å². The van der Waals surface area contributed by atoms with E-state index in [0.717, 1.165) is 19.4 Å². The summed E-state index contributed by atoms with van der Waals surface area (Å²) >= 11 is 1.78. The zero-order valence-electron chi connectivity index (χ0n) is 10.5. The molecule has 0 unspecified atom stereocenters. The van der Waals surface area contributed by atoms with Crippen molar-refractivity contribution in [2.45, 2.75) is 19.3 Å². The lowest BCUT2D eigenvalue weighted by atomic mass is 9.69. The van der Waals surface area contributed by atoms with Crippen LogP contribution in [0.2, 0.25) is 0 Å². The molecule has 3 rings (SSSR count). The van der Waals surface area contributed by atoms with E-state index in [2.05, 4.69) is 47.7 Å². The van der Waals surface area contributed by atoms with E-state index in [-0.39, 0.29) is 5.41 Å². The van der Waals surface area contributed by atoms with Crippen LogP contribution in [0.15, 0.2) is 29.6 Å². The maximum absolute atomic E-state index is 9.32. The molecule has 1 aliphatic rings. The minimum Gasteiger partial charge on any atom is -0.372 e. The second kappa shape index (κ2) is 4.29. The molecule has 2 nitrogen and oxygen atoms in total. The van der Waals surface area contributed by atoms with E-state index in [1.165, 1.54) is 22.2 Å². The van der Waals surface area contributed by atoms with Crippen LogP contribution in [0, 0.1) is 16.7 Å². The number of benzene rings is 1. The summed E-state index contributed by atoms with van der Waals surface area (Å²) in [6.07, 6.45) is 3.30. The molecule has 0 spiro atoms. The third-order valence-corrected chi connectivity index (χ3v) is 4.91. The maximum atomic E-state index is 9.32. The highest BCUT2D eigenvalue weighted by Gasteiger charge is 2.38. The molecule has 0 radical (unpaired) electrons. The molecular formula is C15H16N2S. The molecule has 0 saturated heterocycles. The molecule has 0 N–H and O–H groups in total. The lowest BCUT2D eigenvalue weighted by molar-refractivity contribution is 0.223. The molecule has 0 aliphatic heterocycles. The monoisotopic (exact) mass is 256 g/mol. The Morgan fingerprint density at radius 2 is 2.17 bits per heavy atom. The quantitative estimate of drug-likeness (QED) is 0.829. The van der Waals surface area contributed by atoms with E-state index in [4.69, 9.17) is 0 Å². The van der Waals surface area contributed by atoms with Gasteiger partial charge in [0.15, 0.2) is 0 Å². The number of hydrogen-bond acceptors (Lipinski definition) is 3. The molecule has 1 heterocycles. The van der Waals surface area contributed by atoms with E-state index in [1.807, 2.05) is 0 Å². The molecule has 0 bridgehead atoms. The molecule has 92 valence electrons. The van der Waals surface area contributed by atoms with Crippen molar-refractivity contribution >= 4 is 27.1 Å². The van der Waals surface area contributed by atoms with Gasteiger partial charge in [0.05, 0.1) is 17.2 Å². The SMILES string of the molecule is CN(CC1(C#N)CCC1)c1csc2ccccc12. The molecule has 1 saturated carbocycles. The van der Waals surface area contributed by atoms with Gasteiger partial charge in [-0.2, -0.15) is 5.26 Å². The third-order valence-electron chi connectivity index (χ3n) is 3.96. The molecule has 1 aromatic heterocycles. The predicted octanol–water partition coefficient (Wildman–Crippen LogP) is 4.03. The molecule has 0 amide bonds. The number of fused-ring (bicyclic) bond motifs is 1. The first-order valence-electron chi connectivity index (χ1n) is 6.33. The van der Waals surface area contributed by atoms with Crippen molar-refractivity contribution in [3.8, 4) is 6.07 Å². The minimum absolute atomic E-state index is 0.0994. The van der Waals surface area contributed by atoms with E-state index in [1.54, 1.807) is 11.3 Å². The van der Waals surface area contributed by atoms with Crippen molar-refractivity contribution < 1.29 is 0 Å². The fourth-order valence-electron chi connectivity index (χ4n) is 2.71. The molecular weight excluding hydrogens is 240 g/mol. The Balaban J connectivity index is 1.88. The van der Waals surface area contributed by atoms with Gasteiger partial charge >= 0.3 is 0 Å². The first-order valence-corrected chi connectivity index (χ1v) is 7.21. The zero-order valence-corrected chi connectivity index (χ0v) is 11.3. The standard InChI is InChI=1S/C15H16N2S/c1-17(11-15(10-16)7-4-8-15)13-9-18-14-6-3-2-5-12(13)14/h2-3,5-6,9H,4,7-8,11H2,1H3.